The van der Waals surface area contributed by atoms with Crippen LogP contribution in [-0.4, -0.2) is 17.3 Å². The average Bonchev–Trinajstić information content (AvgIpc) is 2.89. The van der Waals surface area contributed by atoms with Gasteiger partial charge < -0.3 is 15.0 Å². The highest BCUT2D eigenvalue weighted by Gasteiger charge is 2.17. The number of hydrogen-bond acceptors (Lipinski definition) is 5. The predicted molar refractivity (Wildman–Crippen MR) is 80.9 cm³/mol. The summed E-state index contributed by atoms with van der Waals surface area (Å²) in [6, 6.07) is 11.5. The van der Waals surface area contributed by atoms with Gasteiger partial charge in [-0.15, -0.1) is 0 Å². The summed E-state index contributed by atoms with van der Waals surface area (Å²) < 4.78 is 10.3. The SMILES string of the molecule is COc1ccc(-c2c(-c3ccnc(C)c3)noc2N)cc1. The number of nitrogens with two attached hydrogens (primary N) is 1. The molecule has 0 atom stereocenters. The van der Waals surface area contributed by atoms with E-state index in [1.165, 1.54) is 0 Å². The Hall–Kier alpha value is -2.82. The van der Waals surface area contributed by atoms with Crippen molar-refractivity contribution in [3.05, 3.63) is 48.3 Å². The Labute approximate surface area is 122 Å². The van der Waals surface area contributed by atoms with Crippen LogP contribution in [0.1, 0.15) is 5.69 Å². The third-order valence-corrected chi connectivity index (χ3v) is 3.27. The molecule has 0 fully saturated rings. The molecule has 0 amide bonds. The van der Waals surface area contributed by atoms with Gasteiger partial charge >= 0.3 is 0 Å². The number of nitrogen functional groups attached to an aromatic ring is 1. The zero-order valence-electron chi connectivity index (χ0n) is 11.8. The number of ether oxygens (including phenoxy) is 1. The summed E-state index contributed by atoms with van der Waals surface area (Å²) in [5.74, 6) is 1.08. The fraction of sp³-hybridized carbons (Fsp3) is 0.125. The van der Waals surface area contributed by atoms with Crippen molar-refractivity contribution in [2.75, 3.05) is 12.8 Å². The largest absolute Gasteiger partial charge is 0.497 e. The molecule has 0 unspecified atom stereocenters. The molecule has 0 aliphatic rings. The molecular weight excluding hydrogens is 266 g/mol. The van der Waals surface area contributed by atoms with Crippen molar-refractivity contribution >= 4 is 5.88 Å². The van der Waals surface area contributed by atoms with E-state index in [0.717, 1.165) is 28.1 Å². The van der Waals surface area contributed by atoms with Crippen LogP contribution in [0.4, 0.5) is 5.88 Å². The molecule has 21 heavy (non-hydrogen) atoms. The van der Waals surface area contributed by atoms with Crippen LogP contribution in [0, 0.1) is 6.92 Å². The second kappa shape index (κ2) is 5.28. The Morgan fingerprint density at radius 2 is 1.86 bits per heavy atom. The first-order chi connectivity index (χ1) is 10.2. The zero-order chi connectivity index (χ0) is 14.8. The van der Waals surface area contributed by atoms with Crippen LogP contribution in [-0.2, 0) is 0 Å². The molecule has 0 aliphatic carbocycles. The molecule has 0 spiro atoms. The van der Waals surface area contributed by atoms with Crippen LogP contribution in [0.5, 0.6) is 5.75 Å². The van der Waals surface area contributed by atoms with Crippen molar-refractivity contribution in [3.63, 3.8) is 0 Å². The Kier molecular flexibility index (Phi) is 3.31. The van der Waals surface area contributed by atoms with E-state index in [4.69, 9.17) is 15.0 Å². The molecule has 2 heterocycles. The number of hydrogen-bond donors (Lipinski definition) is 1. The van der Waals surface area contributed by atoms with E-state index in [1.54, 1.807) is 13.3 Å². The third-order valence-electron chi connectivity index (χ3n) is 3.27. The van der Waals surface area contributed by atoms with E-state index in [-0.39, 0.29) is 0 Å². The number of anilines is 1. The Morgan fingerprint density at radius 3 is 2.52 bits per heavy atom. The number of pyridine rings is 1. The van der Waals surface area contributed by atoms with E-state index in [9.17, 15) is 0 Å². The van der Waals surface area contributed by atoms with Gasteiger partial charge in [0.25, 0.3) is 0 Å². The number of nitrogens with zero attached hydrogens (tertiary/aromatic N) is 2. The molecule has 106 valence electrons. The van der Waals surface area contributed by atoms with E-state index >= 15 is 0 Å². The van der Waals surface area contributed by atoms with E-state index in [0.29, 0.717) is 11.6 Å². The molecule has 0 saturated carbocycles. The number of aromatic nitrogens is 2. The lowest BCUT2D eigenvalue weighted by Gasteiger charge is -2.05. The molecule has 1 aromatic carbocycles. The van der Waals surface area contributed by atoms with Gasteiger partial charge in [-0.2, -0.15) is 0 Å². The van der Waals surface area contributed by atoms with Gasteiger partial charge in [-0.25, -0.2) is 0 Å². The average molecular weight is 281 g/mol. The Balaban J connectivity index is 2.12. The summed E-state index contributed by atoms with van der Waals surface area (Å²) in [6.07, 6.45) is 1.74. The zero-order valence-corrected chi connectivity index (χ0v) is 11.8. The summed E-state index contributed by atoms with van der Waals surface area (Å²) >= 11 is 0. The number of rotatable bonds is 3. The summed E-state index contributed by atoms with van der Waals surface area (Å²) in [5, 5.41) is 4.09. The van der Waals surface area contributed by atoms with Gasteiger partial charge in [0.1, 0.15) is 11.4 Å². The lowest BCUT2D eigenvalue weighted by molar-refractivity contribution is 0.415. The smallest absolute Gasteiger partial charge is 0.230 e. The molecule has 0 bridgehead atoms. The molecular formula is C16H15N3O2. The van der Waals surface area contributed by atoms with Crippen LogP contribution in [0.3, 0.4) is 0 Å². The second-order valence-electron chi connectivity index (χ2n) is 4.68. The summed E-state index contributed by atoms with van der Waals surface area (Å²) in [5.41, 5.74) is 10.2. The molecule has 0 saturated heterocycles. The van der Waals surface area contributed by atoms with Crippen LogP contribution in [0.25, 0.3) is 22.4 Å². The van der Waals surface area contributed by atoms with Crippen molar-refractivity contribution in [2.24, 2.45) is 0 Å². The highest BCUT2D eigenvalue weighted by molar-refractivity contribution is 5.86. The Morgan fingerprint density at radius 1 is 1.10 bits per heavy atom. The van der Waals surface area contributed by atoms with Gasteiger partial charge in [0.15, 0.2) is 0 Å². The van der Waals surface area contributed by atoms with Crippen molar-refractivity contribution in [3.8, 4) is 28.1 Å². The monoisotopic (exact) mass is 281 g/mol. The highest BCUT2D eigenvalue weighted by Crippen LogP contribution is 2.36. The third kappa shape index (κ3) is 2.45. The van der Waals surface area contributed by atoms with Crippen molar-refractivity contribution < 1.29 is 9.26 Å². The van der Waals surface area contributed by atoms with Crippen LogP contribution in [0.2, 0.25) is 0 Å². The number of benzene rings is 1. The van der Waals surface area contributed by atoms with Gasteiger partial charge in [0, 0.05) is 17.5 Å². The highest BCUT2D eigenvalue weighted by atomic mass is 16.5. The second-order valence-corrected chi connectivity index (χ2v) is 4.68. The molecule has 0 aliphatic heterocycles. The molecule has 5 heteroatoms. The molecule has 2 N–H and O–H groups in total. The summed E-state index contributed by atoms with van der Waals surface area (Å²) in [4.78, 5) is 4.19. The summed E-state index contributed by atoms with van der Waals surface area (Å²) in [7, 11) is 1.63. The molecule has 2 aromatic heterocycles. The molecule has 5 nitrogen and oxygen atoms in total. The van der Waals surface area contributed by atoms with Gasteiger partial charge in [-0.3, -0.25) is 4.98 Å². The molecule has 3 rings (SSSR count). The minimum absolute atomic E-state index is 0.296. The fourth-order valence-corrected chi connectivity index (χ4v) is 2.23. The summed E-state index contributed by atoms with van der Waals surface area (Å²) in [6.45, 7) is 1.93. The number of aryl methyl sites for hydroxylation is 1. The van der Waals surface area contributed by atoms with Crippen molar-refractivity contribution in [1.29, 1.82) is 0 Å². The maximum atomic E-state index is 5.94. The van der Waals surface area contributed by atoms with Crippen molar-refractivity contribution in [2.45, 2.75) is 6.92 Å². The maximum absolute atomic E-state index is 5.94. The first kappa shape index (κ1) is 13.2. The normalized spacial score (nSPS) is 10.6. The Bertz CT molecular complexity index is 763. The van der Waals surface area contributed by atoms with Crippen molar-refractivity contribution in [1.82, 2.24) is 10.1 Å². The minimum Gasteiger partial charge on any atom is -0.497 e. The van der Waals surface area contributed by atoms with E-state index in [2.05, 4.69) is 10.1 Å². The fourth-order valence-electron chi connectivity index (χ4n) is 2.23. The van der Waals surface area contributed by atoms with Gasteiger partial charge in [-0.05, 0) is 36.8 Å². The van der Waals surface area contributed by atoms with Crippen LogP contribution < -0.4 is 10.5 Å². The topological polar surface area (TPSA) is 74.2 Å². The first-order valence-electron chi connectivity index (χ1n) is 6.51. The lowest BCUT2D eigenvalue weighted by atomic mass is 10.0. The van der Waals surface area contributed by atoms with Gasteiger partial charge in [0.05, 0.1) is 12.7 Å². The van der Waals surface area contributed by atoms with Gasteiger partial charge in [0.2, 0.25) is 5.88 Å². The van der Waals surface area contributed by atoms with E-state index in [1.807, 2.05) is 43.3 Å². The van der Waals surface area contributed by atoms with Gasteiger partial charge in [-0.1, -0.05) is 17.3 Å². The van der Waals surface area contributed by atoms with E-state index < -0.39 is 0 Å². The predicted octanol–water partition coefficient (Wildman–Crippen LogP) is 3.30. The van der Waals surface area contributed by atoms with Crippen LogP contribution in [0.15, 0.2) is 47.1 Å². The lowest BCUT2D eigenvalue weighted by Crippen LogP contribution is -1.89. The molecule has 0 radical (unpaired) electrons. The maximum Gasteiger partial charge on any atom is 0.230 e. The minimum atomic E-state index is 0.296. The number of methoxy groups -OCH3 is 1. The van der Waals surface area contributed by atoms with Crippen LogP contribution >= 0.6 is 0 Å². The molecule has 3 aromatic rings. The first-order valence-corrected chi connectivity index (χ1v) is 6.51. The quantitative estimate of drug-likeness (QED) is 0.797. The standard InChI is InChI=1S/C16H15N3O2/c1-10-9-12(7-8-18-10)15-14(16(17)21-19-15)11-3-5-13(20-2)6-4-11/h3-9H,17H2,1-2H3.